The number of rotatable bonds is 3. The number of hydrogen-bond acceptors (Lipinski definition) is 4. The molecule has 0 saturated carbocycles. The minimum atomic E-state index is -0.807. The molecule has 0 bridgehead atoms. The molecule has 0 spiro atoms. The molecule has 2 aromatic carbocycles. The fourth-order valence-electron chi connectivity index (χ4n) is 3.45. The van der Waals surface area contributed by atoms with Crippen molar-refractivity contribution in [3.63, 3.8) is 0 Å². The van der Waals surface area contributed by atoms with Crippen LogP contribution in [0.5, 0.6) is 5.75 Å². The molecule has 2 amide bonds. The van der Waals surface area contributed by atoms with Gasteiger partial charge in [-0.1, -0.05) is 28.1 Å². The molecule has 2 heterocycles. The van der Waals surface area contributed by atoms with Crippen molar-refractivity contribution in [3.8, 4) is 5.75 Å². The molecule has 2 aliphatic heterocycles. The number of ether oxygens (including phenoxy) is 2. The third-order valence-electron chi connectivity index (χ3n) is 5.00. The zero-order valence-electron chi connectivity index (χ0n) is 16.1. The summed E-state index contributed by atoms with van der Waals surface area (Å²) in [5.41, 5.74) is 0.869. The Morgan fingerprint density at radius 3 is 2.70 bits per heavy atom. The average Bonchev–Trinajstić information content (AvgIpc) is 2.78. The van der Waals surface area contributed by atoms with Crippen LogP contribution in [0, 0.1) is 5.82 Å². The molecule has 156 valence electrons. The second-order valence-corrected chi connectivity index (χ2v) is 7.88. The summed E-state index contributed by atoms with van der Waals surface area (Å²) in [6.07, 6.45) is 1.93. The Balaban J connectivity index is 1.57. The van der Waals surface area contributed by atoms with Gasteiger partial charge in [-0.2, -0.15) is 0 Å². The van der Waals surface area contributed by atoms with Crippen LogP contribution in [0.2, 0.25) is 0 Å². The van der Waals surface area contributed by atoms with Gasteiger partial charge in [-0.05, 0) is 36.4 Å². The predicted octanol–water partition coefficient (Wildman–Crippen LogP) is 3.25. The number of hydrogen-bond donors (Lipinski definition) is 0. The largest absolute Gasteiger partial charge is 0.476 e. The van der Waals surface area contributed by atoms with Crippen LogP contribution in [-0.2, 0) is 14.3 Å². The molecule has 30 heavy (non-hydrogen) atoms. The first-order valence-electron chi connectivity index (χ1n) is 9.60. The van der Waals surface area contributed by atoms with Gasteiger partial charge in [0.25, 0.3) is 11.8 Å². The van der Waals surface area contributed by atoms with E-state index in [9.17, 15) is 14.0 Å². The highest BCUT2D eigenvalue weighted by Gasteiger charge is 2.35. The first-order valence-corrected chi connectivity index (χ1v) is 10.4. The van der Waals surface area contributed by atoms with E-state index >= 15 is 0 Å². The van der Waals surface area contributed by atoms with E-state index in [0.717, 1.165) is 0 Å². The van der Waals surface area contributed by atoms with Crippen molar-refractivity contribution >= 4 is 39.5 Å². The maximum absolute atomic E-state index is 14.0. The van der Waals surface area contributed by atoms with Gasteiger partial charge in [-0.15, -0.1) is 0 Å². The Bertz CT molecular complexity index is 991. The second-order valence-electron chi connectivity index (χ2n) is 6.96. The summed E-state index contributed by atoms with van der Waals surface area (Å²) in [5.74, 6) is -0.492. The summed E-state index contributed by atoms with van der Waals surface area (Å²) in [7, 11) is 0. The van der Waals surface area contributed by atoms with E-state index in [1.54, 1.807) is 41.3 Å². The SMILES string of the molecule is O=C(C1CN(C(=O)/C=C/c2cc(Br)ccc2F)c2ccccc2O1)N1CCOCC1. The molecule has 1 unspecified atom stereocenters. The molecule has 2 aromatic rings. The number of carbonyl (C=O) groups excluding carboxylic acids is 2. The molecule has 2 aliphatic rings. The number of halogens is 2. The van der Waals surface area contributed by atoms with Crippen LogP contribution < -0.4 is 9.64 Å². The second kappa shape index (κ2) is 8.97. The summed E-state index contributed by atoms with van der Waals surface area (Å²) in [6, 6.07) is 11.6. The average molecular weight is 475 g/mol. The van der Waals surface area contributed by atoms with Gasteiger partial charge in [0.15, 0.2) is 6.10 Å². The van der Waals surface area contributed by atoms with Crippen molar-refractivity contribution in [2.45, 2.75) is 6.10 Å². The van der Waals surface area contributed by atoms with E-state index in [-0.39, 0.29) is 18.4 Å². The summed E-state index contributed by atoms with van der Waals surface area (Å²) < 4.78 is 25.9. The molecule has 4 rings (SSSR count). The highest BCUT2D eigenvalue weighted by Crippen LogP contribution is 2.34. The highest BCUT2D eigenvalue weighted by molar-refractivity contribution is 9.10. The minimum absolute atomic E-state index is 0.0807. The molecule has 1 saturated heterocycles. The first kappa shape index (κ1) is 20.6. The normalized spacial score (nSPS) is 18.8. The lowest BCUT2D eigenvalue weighted by atomic mass is 10.1. The number of carbonyl (C=O) groups is 2. The van der Waals surface area contributed by atoms with E-state index in [2.05, 4.69) is 15.9 Å². The van der Waals surface area contributed by atoms with Crippen LogP contribution in [0.4, 0.5) is 10.1 Å². The van der Waals surface area contributed by atoms with Gasteiger partial charge < -0.3 is 19.3 Å². The van der Waals surface area contributed by atoms with Crippen LogP contribution in [0.1, 0.15) is 5.56 Å². The zero-order valence-corrected chi connectivity index (χ0v) is 17.7. The van der Waals surface area contributed by atoms with Crippen LogP contribution >= 0.6 is 15.9 Å². The zero-order chi connectivity index (χ0) is 21.1. The van der Waals surface area contributed by atoms with Crippen LogP contribution in [0.3, 0.4) is 0 Å². The fourth-order valence-corrected chi connectivity index (χ4v) is 3.83. The van der Waals surface area contributed by atoms with Crippen molar-refractivity contribution < 1.29 is 23.5 Å². The number of amides is 2. The Kier molecular flexibility index (Phi) is 6.15. The quantitative estimate of drug-likeness (QED) is 0.640. The lowest BCUT2D eigenvalue weighted by Gasteiger charge is -2.37. The molecular formula is C22H20BrFN2O4. The lowest BCUT2D eigenvalue weighted by Crippen LogP contribution is -2.53. The van der Waals surface area contributed by atoms with Crippen LogP contribution in [0.15, 0.2) is 53.0 Å². The predicted molar refractivity (Wildman–Crippen MR) is 114 cm³/mol. The molecule has 6 nitrogen and oxygen atoms in total. The monoisotopic (exact) mass is 474 g/mol. The van der Waals surface area contributed by atoms with Crippen molar-refractivity contribution in [1.29, 1.82) is 0 Å². The molecule has 0 N–H and O–H groups in total. The maximum atomic E-state index is 14.0. The third kappa shape index (κ3) is 4.39. The number of morpholine rings is 1. The van der Waals surface area contributed by atoms with Crippen LogP contribution in [-0.4, -0.2) is 55.7 Å². The van der Waals surface area contributed by atoms with Gasteiger partial charge >= 0.3 is 0 Å². The van der Waals surface area contributed by atoms with Crippen molar-refractivity contribution in [2.24, 2.45) is 0 Å². The Hall–Kier alpha value is -2.71. The van der Waals surface area contributed by atoms with E-state index in [1.165, 1.54) is 23.1 Å². The smallest absolute Gasteiger partial charge is 0.265 e. The van der Waals surface area contributed by atoms with E-state index < -0.39 is 11.9 Å². The van der Waals surface area contributed by atoms with E-state index in [1.807, 2.05) is 0 Å². The Morgan fingerprint density at radius 1 is 1.13 bits per heavy atom. The van der Waals surface area contributed by atoms with Gasteiger partial charge in [-0.25, -0.2) is 4.39 Å². The molecule has 0 aliphatic carbocycles. The van der Waals surface area contributed by atoms with Crippen molar-refractivity contribution in [1.82, 2.24) is 4.90 Å². The van der Waals surface area contributed by atoms with Crippen molar-refractivity contribution in [2.75, 3.05) is 37.7 Å². The molecule has 8 heteroatoms. The summed E-state index contributed by atoms with van der Waals surface area (Å²) >= 11 is 3.30. The summed E-state index contributed by atoms with van der Waals surface area (Å²) in [5, 5.41) is 0. The molecular weight excluding hydrogens is 455 g/mol. The van der Waals surface area contributed by atoms with E-state index in [0.29, 0.717) is 47.8 Å². The first-order chi connectivity index (χ1) is 14.5. The van der Waals surface area contributed by atoms with Gasteiger partial charge in [-0.3, -0.25) is 9.59 Å². The highest BCUT2D eigenvalue weighted by atomic mass is 79.9. The number of fused-ring (bicyclic) bond motifs is 1. The number of benzene rings is 2. The number of nitrogens with zero attached hydrogens (tertiary/aromatic N) is 2. The number of anilines is 1. The minimum Gasteiger partial charge on any atom is -0.476 e. The maximum Gasteiger partial charge on any atom is 0.265 e. The third-order valence-corrected chi connectivity index (χ3v) is 5.49. The molecule has 0 radical (unpaired) electrons. The van der Waals surface area contributed by atoms with Gasteiger partial charge in [0.05, 0.1) is 25.4 Å². The number of para-hydroxylation sites is 2. The molecule has 1 fully saturated rings. The van der Waals surface area contributed by atoms with Gasteiger partial charge in [0.1, 0.15) is 11.6 Å². The Labute approximate surface area is 182 Å². The standard InChI is InChI=1S/C22H20BrFN2O4/c23-16-6-7-17(24)15(13-16)5-8-21(27)26-14-20(22(28)25-9-11-29-12-10-25)30-19-4-2-1-3-18(19)26/h1-8,13,20H,9-12,14H2/b8-5+. The summed E-state index contributed by atoms with van der Waals surface area (Å²) in [4.78, 5) is 29.1. The molecule has 0 aromatic heterocycles. The van der Waals surface area contributed by atoms with Crippen molar-refractivity contribution in [3.05, 3.63) is 64.4 Å². The van der Waals surface area contributed by atoms with Gasteiger partial charge in [0.2, 0.25) is 0 Å². The fraction of sp³-hybridized carbons (Fsp3) is 0.273. The lowest BCUT2D eigenvalue weighted by molar-refractivity contribution is -0.142. The van der Waals surface area contributed by atoms with Gasteiger partial charge in [0, 0.05) is 29.2 Å². The van der Waals surface area contributed by atoms with E-state index in [4.69, 9.17) is 9.47 Å². The molecule has 1 atom stereocenters. The summed E-state index contributed by atoms with van der Waals surface area (Å²) in [6.45, 7) is 2.04. The topological polar surface area (TPSA) is 59.1 Å². The Morgan fingerprint density at radius 2 is 1.90 bits per heavy atom. The van der Waals surface area contributed by atoms with Crippen LogP contribution in [0.25, 0.3) is 6.08 Å².